The van der Waals surface area contributed by atoms with Gasteiger partial charge in [-0.2, -0.15) is 0 Å². The van der Waals surface area contributed by atoms with Crippen LogP contribution in [0.3, 0.4) is 0 Å². The summed E-state index contributed by atoms with van der Waals surface area (Å²) in [6.07, 6.45) is 9.34. The van der Waals surface area contributed by atoms with Crippen LogP contribution in [0, 0.1) is 29.1 Å². The summed E-state index contributed by atoms with van der Waals surface area (Å²) in [5, 5.41) is 11.6. The molecule has 174 valence electrons. The Bertz CT molecular complexity index is 757. The van der Waals surface area contributed by atoms with E-state index in [1.807, 2.05) is 0 Å². The molecule has 1 spiro atoms. The third kappa shape index (κ3) is 3.33. The number of hydrogen-bond donors (Lipinski definition) is 1. The van der Waals surface area contributed by atoms with Gasteiger partial charge in [-0.1, -0.05) is 32.4 Å². The lowest BCUT2D eigenvalue weighted by Crippen LogP contribution is -2.61. The number of aliphatic hydroxyl groups is 1. The lowest BCUT2D eigenvalue weighted by Gasteiger charge is -2.60. The lowest BCUT2D eigenvalue weighted by atomic mass is 9.48. The molecule has 0 aromatic heterocycles. The summed E-state index contributed by atoms with van der Waals surface area (Å²) in [5.74, 6) is 1.49. The Morgan fingerprint density at radius 1 is 1.23 bits per heavy atom. The maximum atomic E-state index is 13.1. The van der Waals surface area contributed by atoms with Crippen LogP contribution in [0.1, 0.15) is 79.1 Å². The number of hydrogen-bond acceptors (Lipinski definition) is 4. The zero-order chi connectivity index (χ0) is 22.0. The molecule has 6 atom stereocenters. The van der Waals surface area contributed by atoms with Crippen molar-refractivity contribution >= 4 is 5.91 Å². The molecule has 0 aromatic carbocycles. The quantitative estimate of drug-likeness (QED) is 0.675. The highest BCUT2D eigenvalue weighted by atomic mass is 16.7. The van der Waals surface area contributed by atoms with Crippen molar-refractivity contribution in [1.82, 2.24) is 4.90 Å². The second kappa shape index (κ2) is 7.56. The molecule has 5 aliphatic rings. The average Bonchev–Trinajstić information content (AvgIpc) is 3.25. The molecule has 2 heterocycles. The summed E-state index contributed by atoms with van der Waals surface area (Å²) in [6.45, 7) is 11.3. The Kier molecular flexibility index (Phi) is 5.35. The van der Waals surface area contributed by atoms with E-state index in [-0.39, 0.29) is 23.0 Å². The van der Waals surface area contributed by atoms with Gasteiger partial charge in [0.2, 0.25) is 5.91 Å². The van der Waals surface area contributed by atoms with Crippen molar-refractivity contribution in [2.24, 2.45) is 29.1 Å². The molecule has 5 nitrogen and oxygen atoms in total. The van der Waals surface area contributed by atoms with E-state index in [9.17, 15) is 9.90 Å². The average molecular weight is 432 g/mol. The second-order valence-electron chi connectivity index (χ2n) is 11.9. The Hall–Kier alpha value is -0.910. The summed E-state index contributed by atoms with van der Waals surface area (Å²) in [7, 11) is 0. The highest BCUT2D eigenvalue weighted by Gasteiger charge is 2.64. The van der Waals surface area contributed by atoms with Gasteiger partial charge in [0.1, 0.15) is 0 Å². The number of nitrogens with zero attached hydrogens (tertiary/aromatic N) is 1. The third-order valence-corrected chi connectivity index (χ3v) is 9.69. The van der Waals surface area contributed by atoms with Crippen molar-refractivity contribution in [3.8, 4) is 0 Å². The number of rotatable bonds is 4. The summed E-state index contributed by atoms with van der Waals surface area (Å²) < 4.78 is 12.1. The number of carbonyl (C=O) groups is 1. The monoisotopic (exact) mass is 431 g/mol. The molecule has 2 saturated carbocycles. The Balaban J connectivity index is 1.40. The fourth-order valence-electron chi connectivity index (χ4n) is 8.11. The number of likely N-dealkylation sites (tertiary alicyclic amines) is 1. The van der Waals surface area contributed by atoms with Crippen molar-refractivity contribution in [1.29, 1.82) is 0 Å². The van der Waals surface area contributed by atoms with E-state index in [1.165, 1.54) is 5.57 Å². The van der Waals surface area contributed by atoms with E-state index in [4.69, 9.17) is 9.47 Å². The molecule has 3 aliphatic carbocycles. The van der Waals surface area contributed by atoms with Crippen molar-refractivity contribution in [2.75, 3.05) is 19.8 Å². The summed E-state index contributed by atoms with van der Waals surface area (Å²) in [6, 6.07) is 0. The van der Waals surface area contributed by atoms with Crippen molar-refractivity contribution in [2.45, 2.75) is 96.5 Å². The number of ether oxygens (including phenoxy) is 2. The molecule has 1 amide bonds. The smallest absolute Gasteiger partial charge is 0.223 e. The number of carbonyl (C=O) groups excluding carboxylic acids is 1. The number of amides is 1. The minimum Gasteiger partial charge on any atom is -0.393 e. The first kappa shape index (κ1) is 21.9. The van der Waals surface area contributed by atoms with Crippen LogP contribution in [0.4, 0.5) is 0 Å². The molecule has 3 unspecified atom stereocenters. The molecule has 2 saturated heterocycles. The van der Waals surface area contributed by atoms with Gasteiger partial charge in [0.25, 0.3) is 0 Å². The van der Waals surface area contributed by atoms with Gasteiger partial charge in [0.15, 0.2) is 5.79 Å². The van der Waals surface area contributed by atoms with E-state index in [0.29, 0.717) is 49.7 Å². The second-order valence-corrected chi connectivity index (χ2v) is 11.9. The topological polar surface area (TPSA) is 59.0 Å². The first-order valence-electron chi connectivity index (χ1n) is 12.6. The van der Waals surface area contributed by atoms with Gasteiger partial charge in [-0.25, -0.2) is 0 Å². The van der Waals surface area contributed by atoms with E-state index in [2.05, 4.69) is 38.7 Å². The predicted molar refractivity (Wildman–Crippen MR) is 119 cm³/mol. The molecule has 1 N–H and O–H groups in total. The molecular formula is C26H41NO4. The van der Waals surface area contributed by atoms with Crippen molar-refractivity contribution < 1.29 is 19.4 Å². The van der Waals surface area contributed by atoms with Gasteiger partial charge >= 0.3 is 0 Å². The van der Waals surface area contributed by atoms with Gasteiger partial charge in [-0.15, -0.1) is 0 Å². The Morgan fingerprint density at radius 2 is 1.97 bits per heavy atom. The maximum absolute atomic E-state index is 13.1. The molecule has 0 aromatic rings. The Labute approximate surface area is 187 Å². The lowest BCUT2D eigenvalue weighted by molar-refractivity contribution is -0.192. The van der Waals surface area contributed by atoms with Crippen LogP contribution in [0.15, 0.2) is 11.6 Å². The summed E-state index contributed by atoms with van der Waals surface area (Å²) >= 11 is 0. The van der Waals surface area contributed by atoms with Gasteiger partial charge in [0.05, 0.1) is 19.3 Å². The summed E-state index contributed by atoms with van der Waals surface area (Å²) in [4.78, 5) is 15.3. The van der Waals surface area contributed by atoms with Crippen LogP contribution in [-0.4, -0.2) is 53.1 Å². The third-order valence-electron chi connectivity index (χ3n) is 9.69. The minimum atomic E-state index is -0.428. The Morgan fingerprint density at radius 3 is 2.68 bits per heavy atom. The maximum Gasteiger partial charge on any atom is 0.223 e. The molecule has 0 radical (unpaired) electrons. The summed E-state index contributed by atoms with van der Waals surface area (Å²) in [5.41, 5.74) is 1.20. The van der Waals surface area contributed by atoms with Crippen LogP contribution in [-0.2, 0) is 14.3 Å². The number of allylic oxidation sites excluding steroid dienone is 1. The van der Waals surface area contributed by atoms with Gasteiger partial charge < -0.3 is 19.5 Å². The predicted octanol–water partition coefficient (Wildman–Crippen LogP) is 4.29. The zero-order valence-electron chi connectivity index (χ0n) is 19.9. The van der Waals surface area contributed by atoms with Crippen molar-refractivity contribution in [3.63, 3.8) is 0 Å². The van der Waals surface area contributed by atoms with Gasteiger partial charge in [-0.05, 0) is 68.1 Å². The van der Waals surface area contributed by atoms with E-state index < -0.39 is 5.79 Å². The first-order chi connectivity index (χ1) is 14.7. The number of fused-ring (bicyclic) bond motifs is 5. The van der Waals surface area contributed by atoms with Gasteiger partial charge in [-0.3, -0.25) is 4.79 Å². The fourth-order valence-corrected chi connectivity index (χ4v) is 8.11. The normalized spacial score (nSPS) is 43.7. The van der Waals surface area contributed by atoms with Crippen LogP contribution >= 0.6 is 0 Å². The molecule has 31 heavy (non-hydrogen) atoms. The van der Waals surface area contributed by atoms with E-state index in [1.54, 1.807) is 0 Å². The van der Waals surface area contributed by atoms with E-state index in [0.717, 1.165) is 45.1 Å². The molecule has 5 heteroatoms. The minimum absolute atomic E-state index is 0.0155. The molecule has 4 fully saturated rings. The molecular weight excluding hydrogens is 390 g/mol. The highest BCUT2D eigenvalue weighted by Crippen LogP contribution is 2.63. The van der Waals surface area contributed by atoms with Crippen LogP contribution in [0.25, 0.3) is 0 Å². The van der Waals surface area contributed by atoms with Gasteiger partial charge in [0, 0.05) is 31.3 Å². The largest absolute Gasteiger partial charge is 0.393 e. The first-order valence-corrected chi connectivity index (χ1v) is 12.6. The van der Waals surface area contributed by atoms with Crippen molar-refractivity contribution in [3.05, 3.63) is 11.6 Å². The van der Waals surface area contributed by atoms with E-state index >= 15 is 0 Å². The SMILES string of the molecule is CC(C)CCCN1C(=O)CC2C3CC=C4CC5(CC[C@]4(C)C3[C@@H](O)C[C@@]21C)OCCO5. The molecule has 5 rings (SSSR count). The fraction of sp³-hybridized carbons (Fsp3) is 0.885. The van der Waals surface area contributed by atoms with Crippen LogP contribution < -0.4 is 0 Å². The van der Waals surface area contributed by atoms with Crippen LogP contribution in [0.2, 0.25) is 0 Å². The standard InChI is InChI=1S/C26H41NO4/c1-17(2)6-5-11-27-22(29)14-20-19-8-7-18-15-26(30-12-13-31-26)10-9-24(18,3)23(19)21(28)16-25(20,27)4/h7,17,19-21,23,28H,5-6,8-16H2,1-4H3/t19?,20?,21-,23?,24-,25-/m0/s1. The number of aliphatic hydroxyl groups excluding tert-OH is 1. The van der Waals surface area contributed by atoms with Crippen LogP contribution in [0.5, 0.6) is 0 Å². The zero-order valence-corrected chi connectivity index (χ0v) is 19.9. The molecule has 0 bridgehead atoms. The highest BCUT2D eigenvalue weighted by molar-refractivity contribution is 5.80. The molecule has 2 aliphatic heterocycles.